The summed E-state index contributed by atoms with van der Waals surface area (Å²) in [5.74, 6) is 1.11. The van der Waals surface area contributed by atoms with Crippen LogP contribution in [-0.4, -0.2) is 50.8 Å². The highest BCUT2D eigenvalue weighted by molar-refractivity contribution is 5.75. The highest BCUT2D eigenvalue weighted by atomic mass is 19.4. The molecule has 0 saturated carbocycles. The molecule has 2 rings (SSSR count). The van der Waals surface area contributed by atoms with E-state index in [9.17, 15) is 18.0 Å². The van der Waals surface area contributed by atoms with Crippen molar-refractivity contribution in [2.75, 3.05) is 33.8 Å². The zero-order valence-electron chi connectivity index (χ0n) is 25.0. The molecule has 1 N–H and O–H groups in total. The normalized spacial score (nSPS) is 9.68. The molecular formula is C31H53F3N2O2. The van der Waals surface area contributed by atoms with Crippen LogP contribution in [0.5, 0.6) is 5.75 Å². The third-order valence-corrected chi connectivity index (χ3v) is 4.16. The maximum absolute atomic E-state index is 10.5. The number of carbonyl (C=O) groups excluding carboxylic acids is 1. The zero-order valence-corrected chi connectivity index (χ0v) is 25.0. The number of nitrogens with zero attached hydrogens (tertiary/aromatic N) is 1. The Kier molecular flexibility index (Phi) is 30.5. The molecule has 4 nitrogen and oxygen atoms in total. The minimum absolute atomic E-state index is 0.145. The van der Waals surface area contributed by atoms with Gasteiger partial charge in [-0.2, -0.15) is 13.2 Å². The summed E-state index contributed by atoms with van der Waals surface area (Å²) in [6.45, 7) is 13.4. The fraction of sp³-hybridized carbons (Fsp3) is 0.581. The largest absolute Gasteiger partial charge is 0.494 e. The number of ether oxygens (including phenoxy) is 1. The van der Waals surface area contributed by atoms with E-state index in [-0.39, 0.29) is 12.8 Å². The van der Waals surface area contributed by atoms with Gasteiger partial charge < -0.3 is 15.0 Å². The number of rotatable bonds is 10. The van der Waals surface area contributed by atoms with Gasteiger partial charge in [-0.15, -0.1) is 0 Å². The molecule has 2 aromatic rings. The van der Waals surface area contributed by atoms with Crippen molar-refractivity contribution in [2.24, 2.45) is 0 Å². The van der Waals surface area contributed by atoms with E-state index in [0.29, 0.717) is 6.42 Å². The fourth-order valence-electron chi connectivity index (χ4n) is 2.51. The van der Waals surface area contributed by atoms with Crippen LogP contribution in [0.3, 0.4) is 0 Å². The van der Waals surface area contributed by atoms with Crippen LogP contribution in [-0.2, 0) is 11.2 Å². The van der Waals surface area contributed by atoms with Gasteiger partial charge in [0.05, 0.1) is 6.61 Å². The molecule has 2 aromatic carbocycles. The summed E-state index contributed by atoms with van der Waals surface area (Å²) in [5.41, 5.74) is 1.44. The van der Waals surface area contributed by atoms with Crippen molar-refractivity contribution >= 4 is 5.91 Å². The van der Waals surface area contributed by atoms with E-state index in [1.54, 1.807) is 0 Å². The van der Waals surface area contributed by atoms with Crippen molar-refractivity contribution in [1.82, 2.24) is 10.2 Å². The molecule has 0 heterocycles. The summed E-state index contributed by atoms with van der Waals surface area (Å²) < 4.78 is 36.4. The van der Waals surface area contributed by atoms with Crippen molar-refractivity contribution in [3.63, 3.8) is 0 Å². The first-order chi connectivity index (χ1) is 17.9. The molecular weight excluding hydrogens is 489 g/mol. The van der Waals surface area contributed by atoms with Gasteiger partial charge >= 0.3 is 6.18 Å². The third-order valence-electron chi connectivity index (χ3n) is 4.16. The Morgan fingerprint density at radius 3 is 1.66 bits per heavy atom. The van der Waals surface area contributed by atoms with Crippen LogP contribution >= 0.6 is 0 Å². The Morgan fingerprint density at radius 2 is 1.32 bits per heavy atom. The standard InChI is InChI=1S/C9H12O.C9H12.C6H13NO.C5H13N.C2H3F3/c1-2-8-10-9-6-4-3-5-7-9;1-2-6-9-7-4-3-5-8-9;1-3-5-7-6(8)4-2;1-4-5-6(2)3;1-2(3,4)5/h3-7H,2,8H2,1H3;3-5,7-8H,2,6H2,1H3;3-5H2,1-2H3,(H,7,8);4-5H2,1-3H3;1H3. The van der Waals surface area contributed by atoms with Crippen LogP contribution in [0.15, 0.2) is 60.7 Å². The van der Waals surface area contributed by atoms with Gasteiger partial charge in [-0.25, -0.2) is 0 Å². The second kappa shape index (κ2) is 29.0. The minimum Gasteiger partial charge on any atom is -0.494 e. The number of halogens is 3. The van der Waals surface area contributed by atoms with Gasteiger partial charge in [0.25, 0.3) is 0 Å². The number of hydrogen-bond donors (Lipinski definition) is 1. The maximum atomic E-state index is 10.5. The Balaban J connectivity index is -0.000000412. The number of hydrogen-bond acceptors (Lipinski definition) is 3. The molecule has 38 heavy (non-hydrogen) atoms. The van der Waals surface area contributed by atoms with Gasteiger partial charge in [-0.05, 0) is 64.0 Å². The van der Waals surface area contributed by atoms with Crippen molar-refractivity contribution in [2.45, 2.75) is 86.2 Å². The summed E-state index contributed by atoms with van der Waals surface area (Å²) in [6, 6.07) is 20.4. The van der Waals surface area contributed by atoms with Crippen LogP contribution in [0.2, 0.25) is 0 Å². The van der Waals surface area contributed by atoms with Crippen LogP contribution < -0.4 is 10.1 Å². The lowest BCUT2D eigenvalue weighted by Gasteiger charge is -2.03. The number of amides is 1. The smallest absolute Gasteiger partial charge is 0.386 e. The Morgan fingerprint density at radius 1 is 0.816 bits per heavy atom. The molecule has 0 aromatic heterocycles. The van der Waals surface area contributed by atoms with Crippen LogP contribution in [0.4, 0.5) is 13.2 Å². The van der Waals surface area contributed by atoms with E-state index >= 15 is 0 Å². The average Bonchev–Trinajstić information content (AvgIpc) is 2.87. The molecule has 0 atom stereocenters. The Bertz CT molecular complexity index is 719. The first kappa shape index (κ1) is 40.0. The molecule has 0 aliphatic rings. The molecule has 7 heteroatoms. The summed E-state index contributed by atoms with van der Waals surface area (Å²) in [7, 11) is 4.17. The molecule has 0 saturated heterocycles. The lowest BCUT2D eigenvalue weighted by atomic mass is 10.1. The number of alkyl halides is 3. The monoisotopic (exact) mass is 542 g/mol. The van der Waals surface area contributed by atoms with Gasteiger partial charge in [-0.1, -0.05) is 89.6 Å². The van der Waals surface area contributed by atoms with E-state index in [2.05, 4.69) is 75.4 Å². The number of para-hydroxylation sites is 1. The lowest BCUT2D eigenvalue weighted by Crippen LogP contribution is -2.22. The van der Waals surface area contributed by atoms with E-state index in [0.717, 1.165) is 31.7 Å². The molecule has 0 fully saturated rings. The number of nitrogens with one attached hydrogen (secondary N) is 1. The van der Waals surface area contributed by atoms with Crippen LogP contribution in [0, 0.1) is 0 Å². The second-order valence-corrected chi connectivity index (χ2v) is 8.69. The van der Waals surface area contributed by atoms with Crippen LogP contribution in [0.25, 0.3) is 0 Å². The molecule has 0 spiro atoms. The van der Waals surface area contributed by atoms with E-state index in [1.165, 1.54) is 31.4 Å². The van der Waals surface area contributed by atoms with Gasteiger partial charge in [0.15, 0.2) is 0 Å². The lowest BCUT2D eigenvalue weighted by molar-refractivity contribution is -0.120. The topological polar surface area (TPSA) is 41.6 Å². The highest BCUT2D eigenvalue weighted by Crippen LogP contribution is 2.10. The number of aryl methyl sites for hydroxylation is 1. The highest BCUT2D eigenvalue weighted by Gasteiger charge is 2.15. The van der Waals surface area contributed by atoms with Gasteiger partial charge in [-0.3, -0.25) is 4.79 Å². The maximum Gasteiger partial charge on any atom is 0.386 e. The van der Waals surface area contributed by atoms with E-state index in [4.69, 9.17) is 4.74 Å². The van der Waals surface area contributed by atoms with Crippen molar-refractivity contribution < 1.29 is 22.7 Å². The summed E-state index contributed by atoms with van der Waals surface area (Å²) in [6.07, 6.45) is 2.39. The molecule has 0 aliphatic carbocycles. The van der Waals surface area contributed by atoms with E-state index in [1.807, 2.05) is 44.2 Å². The molecule has 1 amide bonds. The summed E-state index contributed by atoms with van der Waals surface area (Å²) >= 11 is 0. The van der Waals surface area contributed by atoms with Crippen molar-refractivity contribution in [1.29, 1.82) is 0 Å². The molecule has 220 valence electrons. The Labute approximate surface area is 231 Å². The van der Waals surface area contributed by atoms with Gasteiger partial charge in [0, 0.05) is 19.9 Å². The molecule has 0 unspecified atom stereocenters. The van der Waals surface area contributed by atoms with Crippen LogP contribution in [0.1, 0.15) is 79.2 Å². The number of benzene rings is 2. The summed E-state index contributed by atoms with van der Waals surface area (Å²) in [5, 5.41) is 2.74. The van der Waals surface area contributed by atoms with Crippen molar-refractivity contribution in [3.8, 4) is 5.75 Å². The minimum atomic E-state index is -4.00. The predicted octanol–water partition coefficient (Wildman–Crippen LogP) is 8.56. The predicted molar refractivity (Wildman–Crippen MR) is 157 cm³/mol. The second-order valence-electron chi connectivity index (χ2n) is 8.69. The summed E-state index contributed by atoms with van der Waals surface area (Å²) in [4.78, 5) is 12.6. The van der Waals surface area contributed by atoms with Crippen molar-refractivity contribution in [3.05, 3.63) is 66.2 Å². The first-order valence-electron chi connectivity index (χ1n) is 13.6. The molecule has 0 aliphatic heterocycles. The van der Waals surface area contributed by atoms with E-state index < -0.39 is 6.18 Å². The van der Waals surface area contributed by atoms with Gasteiger partial charge in [0.1, 0.15) is 5.75 Å². The Hall–Kier alpha value is -2.54. The SMILES string of the molecule is CC(F)(F)F.CCCN(C)C.CCCNC(=O)CC.CCCOc1ccccc1.CCCc1ccccc1. The third kappa shape index (κ3) is 40.6. The average molecular weight is 543 g/mol. The first-order valence-corrected chi connectivity index (χ1v) is 13.6. The fourth-order valence-corrected chi connectivity index (χ4v) is 2.51. The number of carbonyl (C=O) groups is 1. The molecule has 0 radical (unpaired) electrons. The zero-order chi connectivity index (χ0) is 29.7. The molecule has 0 bridgehead atoms. The van der Waals surface area contributed by atoms with Gasteiger partial charge in [0.2, 0.25) is 5.91 Å². The quantitative estimate of drug-likeness (QED) is 0.327.